The van der Waals surface area contributed by atoms with Crippen LogP contribution in [0.1, 0.15) is 19.8 Å². The van der Waals surface area contributed by atoms with Gasteiger partial charge in [0, 0.05) is 19.7 Å². The van der Waals surface area contributed by atoms with Gasteiger partial charge in [-0.2, -0.15) is 11.8 Å². The summed E-state index contributed by atoms with van der Waals surface area (Å²) < 4.78 is 19.0. The molecule has 23 heavy (non-hydrogen) atoms. The molecule has 0 aliphatic carbocycles. The lowest BCUT2D eigenvalue weighted by Gasteiger charge is -2.20. The lowest BCUT2D eigenvalue weighted by atomic mass is 10.2. The maximum Gasteiger partial charge on any atom is 0.191 e. The Morgan fingerprint density at radius 3 is 2.78 bits per heavy atom. The molecule has 0 bridgehead atoms. The normalized spacial score (nSPS) is 12.3. The van der Waals surface area contributed by atoms with Crippen molar-refractivity contribution in [1.29, 1.82) is 0 Å². The molecular formula is C16H27FIN3OS. The largest absolute Gasteiger partial charge is 0.489 e. The Labute approximate surface area is 160 Å². The Bertz CT molecular complexity index is 463. The highest BCUT2D eigenvalue weighted by Crippen LogP contribution is 2.14. The van der Waals surface area contributed by atoms with Gasteiger partial charge in [0.05, 0.1) is 6.54 Å². The second-order valence-corrected chi connectivity index (χ2v) is 5.82. The third-order valence-electron chi connectivity index (χ3n) is 3.09. The van der Waals surface area contributed by atoms with Gasteiger partial charge in [-0.25, -0.2) is 4.39 Å². The molecule has 0 aliphatic rings. The molecule has 0 fully saturated rings. The number of halogens is 2. The molecule has 1 atom stereocenters. The van der Waals surface area contributed by atoms with Gasteiger partial charge in [0.15, 0.2) is 5.96 Å². The lowest BCUT2D eigenvalue weighted by Crippen LogP contribution is -2.42. The van der Waals surface area contributed by atoms with Crippen LogP contribution < -0.4 is 15.4 Å². The van der Waals surface area contributed by atoms with Crippen molar-refractivity contribution < 1.29 is 9.13 Å². The molecule has 0 heterocycles. The standard InChI is InChI=1S/C16H26FN3OS.HI/c1-4-14(21-15-8-5-7-13(17)11-15)12-20-16(18-2)19-9-6-10-22-3;/h5,7-8,11,14H,4,6,9-10,12H2,1-3H3,(H2,18,19,20);1H. The average molecular weight is 455 g/mol. The van der Waals surface area contributed by atoms with Crippen LogP contribution >= 0.6 is 35.7 Å². The summed E-state index contributed by atoms with van der Waals surface area (Å²) in [4.78, 5) is 4.19. The molecule has 1 aromatic rings. The molecule has 0 saturated heterocycles. The molecule has 1 unspecified atom stereocenters. The number of benzene rings is 1. The highest BCUT2D eigenvalue weighted by molar-refractivity contribution is 14.0. The lowest BCUT2D eigenvalue weighted by molar-refractivity contribution is 0.199. The van der Waals surface area contributed by atoms with Crippen molar-refractivity contribution in [3.8, 4) is 5.75 Å². The molecule has 0 aliphatic heterocycles. The van der Waals surface area contributed by atoms with Gasteiger partial charge in [-0.15, -0.1) is 24.0 Å². The number of ether oxygens (including phenoxy) is 1. The van der Waals surface area contributed by atoms with E-state index in [2.05, 4.69) is 21.9 Å². The Balaban J connectivity index is 0.00000484. The number of hydrogen-bond acceptors (Lipinski definition) is 3. The molecule has 4 nitrogen and oxygen atoms in total. The van der Waals surface area contributed by atoms with Gasteiger partial charge in [0.25, 0.3) is 0 Å². The first-order chi connectivity index (χ1) is 10.7. The monoisotopic (exact) mass is 455 g/mol. The van der Waals surface area contributed by atoms with Crippen LogP contribution in [-0.2, 0) is 0 Å². The van der Waals surface area contributed by atoms with E-state index in [-0.39, 0.29) is 35.9 Å². The van der Waals surface area contributed by atoms with Crippen molar-refractivity contribution in [2.24, 2.45) is 4.99 Å². The first-order valence-corrected chi connectivity index (χ1v) is 8.94. The second-order valence-electron chi connectivity index (χ2n) is 4.83. The molecule has 7 heteroatoms. The van der Waals surface area contributed by atoms with Crippen molar-refractivity contribution in [3.05, 3.63) is 30.1 Å². The van der Waals surface area contributed by atoms with Crippen LogP contribution in [0.3, 0.4) is 0 Å². The van der Waals surface area contributed by atoms with Crippen LogP contribution in [0.2, 0.25) is 0 Å². The van der Waals surface area contributed by atoms with Gasteiger partial charge in [-0.05, 0) is 37.0 Å². The third kappa shape index (κ3) is 9.91. The van der Waals surface area contributed by atoms with Gasteiger partial charge in [0.1, 0.15) is 17.7 Å². The zero-order valence-corrected chi connectivity index (χ0v) is 17.1. The number of hydrogen-bond donors (Lipinski definition) is 2. The highest BCUT2D eigenvalue weighted by Gasteiger charge is 2.09. The maximum absolute atomic E-state index is 13.2. The van der Waals surface area contributed by atoms with E-state index in [0.29, 0.717) is 12.3 Å². The third-order valence-corrected chi connectivity index (χ3v) is 3.79. The highest BCUT2D eigenvalue weighted by atomic mass is 127. The van der Waals surface area contributed by atoms with Gasteiger partial charge < -0.3 is 15.4 Å². The Morgan fingerprint density at radius 1 is 1.39 bits per heavy atom. The fourth-order valence-electron chi connectivity index (χ4n) is 1.86. The van der Waals surface area contributed by atoms with Crippen LogP contribution in [0.25, 0.3) is 0 Å². The molecule has 132 valence electrons. The number of nitrogens with zero attached hydrogens (tertiary/aromatic N) is 1. The van der Waals surface area contributed by atoms with E-state index in [4.69, 9.17) is 4.74 Å². The van der Waals surface area contributed by atoms with Gasteiger partial charge >= 0.3 is 0 Å². The summed E-state index contributed by atoms with van der Waals surface area (Å²) in [7, 11) is 1.75. The Kier molecular flexibility index (Phi) is 13.3. The van der Waals surface area contributed by atoms with Gasteiger partial charge in [0.2, 0.25) is 0 Å². The minimum absolute atomic E-state index is 0. The smallest absolute Gasteiger partial charge is 0.191 e. The first-order valence-electron chi connectivity index (χ1n) is 7.55. The Morgan fingerprint density at radius 2 is 2.17 bits per heavy atom. The van der Waals surface area contributed by atoms with Crippen LogP contribution in [0.4, 0.5) is 4.39 Å². The molecule has 2 N–H and O–H groups in total. The molecule has 0 aromatic heterocycles. The average Bonchev–Trinajstić information content (AvgIpc) is 2.53. The maximum atomic E-state index is 13.2. The van der Waals surface area contributed by atoms with E-state index < -0.39 is 0 Å². The molecule has 0 amide bonds. The number of rotatable bonds is 9. The minimum Gasteiger partial charge on any atom is -0.489 e. The predicted octanol–water partition coefficient (Wildman–Crippen LogP) is 3.52. The quantitative estimate of drug-likeness (QED) is 0.259. The zero-order chi connectivity index (χ0) is 16.2. The molecule has 0 saturated carbocycles. The fraction of sp³-hybridized carbons (Fsp3) is 0.562. The summed E-state index contributed by atoms with van der Waals surface area (Å²) in [5.41, 5.74) is 0. The molecule has 1 aromatic carbocycles. The number of nitrogens with one attached hydrogen (secondary N) is 2. The summed E-state index contributed by atoms with van der Waals surface area (Å²) >= 11 is 1.83. The van der Waals surface area contributed by atoms with E-state index in [1.54, 1.807) is 19.2 Å². The summed E-state index contributed by atoms with van der Waals surface area (Å²) in [6.07, 6.45) is 3.99. The number of thioether (sulfide) groups is 1. The van der Waals surface area contributed by atoms with Crippen molar-refractivity contribution in [3.63, 3.8) is 0 Å². The van der Waals surface area contributed by atoms with Gasteiger partial charge in [-0.3, -0.25) is 4.99 Å². The Hall–Kier alpha value is -0.700. The van der Waals surface area contributed by atoms with E-state index >= 15 is 0 Å². The summed E-state index contributed by atoms with van der Waals surface area (Å²) in [6.45, 7) is 3.55. The van der Waals surface area contributed by atoms with Crippen LogP contribution in [0.5, 0.6) is 5.75 Å². The van der Waals surface area contributed by atoms with Crippen molar-refractivity contribution in [1.82, 2.24) is 10.6 Å². The van der Waals surface area contributed by atoms with E-state index in [9.17, 15) is 4.39 Å². The zero-order valence-electron chi connectivity index (χ0n) is 14.0. The van der Waals surface area contributed by atoms with Crippen molar-refractivity contribution in [2.45, 2.75) is 25.9 Å². The number of guanidine groups is 1. The summed E-state index contributed by atoms with van der Waals surface area (Å²) in [5.74, 6) is 2.16. The van der Waals surface area contributed by atoms with E-state index in [1.807, 2.05) is 18.7 Å². The van der Waals surface area contributed by atoms with Crippen LogP contribution in [0.15, 0.2) is 29.3 Å². The molecule has 1 rings (SSSR count). The fourth-order valence-corrected chi connectivity index (χ4v) is 2.29. The predicted molar refractivity (Wildman–Crippen MR) is 109 cm³/mol. The van der Waals surface area contributed by atoms with Crippen molar-refractivity contribution in [2.75, 3.05) is 32.1 Å². The van der Waals surface area contributed by atoms with E-state index in [1.165, 1.54) is 12.1 Å². The first kappa shape index (κ1) is 22.3. The summed E-state index contributed by atoms with van der Waals surface area (Å²) in [6, 6.07) is 6.23. The van der Waals surface area contributed by atoms with E-state index in [0.717, 1.165) is 31.1 Å². The minimum atomic E-state index is -0.286. The van der Waals surface area contributed by atoms with Crippen LogP contribution in [0, 0.1) is 5.82 Å². The summed E-state index contributed by atoms with van der Waals surface area (Å²) in [5, 5.41) is 6.51. The molecule has 0 radical (unpaired) electrons. The van der Waals surface area contributed by atoms with Crippen LogP contribution in [-0.4, -0.2) is 44.2 Å². The SMILES string of the molecule is CCC(CNC(=NC)NCCCSC)Oc1cccc(F)c1.I. The van der Waals surface area contributed by atoms with Crippen molar-refractivity contribution >= 4 is 41.7 Å². The topological polar surface area (TPSA) is 45.7 Å². The number of aliphatic imine (C=N–C) groups is 1. The second kappa shape index (κ2) is 13.7. The molecule has 0 spiro atoms. The van der Waals surface area contributed by atoms with Gasteiger partial charge in [-0.1, -0.05) is 13.0 Å². The molecular weight excluding hydrogens is 428 g/mol.